The molecule has 4 heteroatoms. The number of aryl methyl sites for hydroxylation is 1. The van der Waals surface area contributed by atoms with Crippen molar-refractivity contribution in [3.63, 3.8) is 0 Å². The Hall–Kier alpha value is -2.36. The lowest BCUT2D eigenvalue weighted by atomic mass is 10.1. The molecule has 0 saturated heterocycles. The minimum absolute atomic E-state index is 0.147. The molecule has 0 bridgehead atoms. The van der Waals surface area contributed by atoms with Crippen LogP contribution in [-0.4, -0.2) is 17.4 Å². The van der Waals surface area contributed by atoms with Gasteiger partial charge in [0.2, 0.25) is 0 Å². The highest BCUT2D eigenvalue weighted by Crippen LogP contribution is 2.17. The number of amides is 1. The fraction of sp³-hybridized carbons (Fsp3) is 0.294. The molecule has 2 aromatic rings. The van der Waals surface area contributed by atoms with Crippen LogP contribution in [0.25, 0.3) is 0 Å². The van der Waals surface area contributed by atoms with Crippen molar-refractivity contribution >= 4 is 17.3 Å². The summed E-state index contributed by atoms with van der Waals surface area (Å²) < 4.78 is 0. The SMILES string of the molecule is CCCNc1ccncc1C(=O)Nc1ccc(CC)cc1. The number of nitrogens with one attached hydrogen (secondary N) is 2. The summed E-state index contributed by atoms with van der Waals surface area (Å²) in [4.78, 5) is 16.4. The maximum Gasteiger partial charge on any atom is 0.259 e. The van der Waals surface area contributed by atoms with Crippen LogP contribution in [0.4, 0.5) is 11.4 Å². The standard InChI is InChI=1S/C17H21N3O/c1-3-10-19-16-9-11-18-12-15(16)17(21)20-14-7-5-13(4-2)6-8-14/h5-9,11-12H,3-4,10H2,1-2H3,(H,18,19)(H,20,21). The molecule has 1 aromatic heterocycles. The van der Waals surface area contributed by atoms with Crippen molar-refractivity contribution in [2.45, 2.75) is 26.7 Å². The first-order valence-corrected chi connectivity index (χ1v) is 7.32. The van der Waals surface area contributed by atoms with E-state index in [0.29, 0.717) is 5.56 Å². The van der Waals surface area contributed by atoms with E-state index in [1.807, 2.05) is 30.3 Å². The van der Waals surface area contributed by atoms with E-state index in [0.717, 1.165) is 30.8 Å². The van der Waals surface area contributed by atoms with Crippen LogP contribution in [0, 0.1) is 0 Å². The quantitative estimate of drug-likeness (QED) is 0.849. The molecule has 0 atom stereocenters. The Morgan fingerprint density at radius 1 is 1.14 bits per heavy atom. The lowest BCUT2D eigenvalue weighted by molar-refractivity contribution is 0.102. The molecule has 1 amide bonds. The number of carbonyl (C=O) groups is 1. The van der Waals surface area contributed by atoms with Crippen LogP contribution in [0.15, 0.2) is 42.7 Å². The van der Waals surface area contributed by atoms with Crippen LogP contribution in [-0.2, 0) is 6.42 Å². The first-order valence-electron chi connectivity index (χ1n) is 7.32. The molecule has 0 aliphatic carbocycles. The lowest BCUT2D eigenvalue weighted by Gasteiger charge is -2.11. The molecular weight excluding hydrogens is 262 g/mol. The summed E-state index contributed by atoms with van der Waals surface area (Å²) in [6.07, 6.45) is 5.27. The second-order valence-electron chi connectivity index (χ2n) is 4.85. The number of benzene rings is 1. The average molecular weight is 283 g/mol. The summed E-state index contributed by atoms with van der Waals surface area (Å²) in [7, 11) is 0. The van der Waals surface area contributed by atoms with Gasteiger partial charge in [-0.05, 0) is 36.6 Å². The lowest BCUT2D eigenvalue weighted by Crippen LogP contribution is -2.15. The van der Waals surface area contributed by atoms with Crippen LogP contribution < -0.4 is 10.6 Å². The average Bonchev–Trinajstić information content (AvgIpc) is 2.54. The van der Waals surface area contributed by atoms with Gasteiger partial charge in [-0.25, -0.2) is 0 Å². The van der Waals surface area contributed by atoms with E-state index in [2.05, 4.69) is 29.5 Å². The Bertz CT molecular complexity index is 593. The zero-order valence-electron chi connectivity index (χ0n) is 12.5. The molecule has 1 aromatic carbocycles. The van der Waals surface area contributed by atoms with E-state index < -0.39 is 0 Å². The number of anilines is 2. The predicted molar refractivity (Wildman–Crippen MR) is 86.8 cm³/mol. The number of pyridine rings is 1. The van der Waals surface area contributed by atoms with Crippen LogP contribution in [0.5, 0.6) is 0 Å². The normalized spacial score (nSPS) is 10.2. The Labute approximate surface area is 125 Å². The highest BCUT2D eigenvalue weighted by Gasteiger charge is 2.11. The number of hydrogen-bond acceptors (Lipinski definition) is 3. The number of carbonyl (C=O) groups excluding carboxylic acids is 1. The van der Waals surface area contributed by atoms with Crippen molar-refractivity contribution in [2.75, 3.05) is 17.2 Å². The van der Waals surface area contributed by atoms with E-state index >= 15 is 0 Å². The van der Waals surface area contributed by atoms with Gasteiger partial charge in [0.25, 0.3) is 5.91 Å². The molecule has 1 heterocycles. The van der Waals surface area contributed by atoms with Gasteiger partial charge < -0.3 is 10.6 Å². The van der Waals surface area contributed by atoms with E-state index in [-0.39, 0.29) is 5.91 Å². The van der Waals surface area contributed by atoms with Gasteiger partial charge in [-0.3, -0.25) is 9.78 Å². The van der Waals surface area contributed by atoms with Crippen LogP contribution in [0.2, 0.25) is 0 Å². The molecule has 0 spiro atoms. The van der Waals surface area contributed by atoms with E-state index in [9.17, 15) is 4.79 Å². The number of aromatic nitrogens is 1. The number of hydrogen-bond donors (Lipinski definition) is 2. The van der Waals surface area contributed by atoms with Crippen molar-refractivity contribution in [1.82, 2.24) is 4.98 Å². The van der Waals surface area contributed by atoms with E-state index in [1.165, 1.54) is 5.56 Å². The molecule has 0 unspecified atom stereocenters. The molecule has 0 aliphatic heterocycles. The number of rotatable bonds is 6. The topological polar surface area (TPSA) is 54.0 Å². The molecular formula is C17H21N3O. The number of nitrogens with zero attached hydrogens (tertiary/aromatic N) is 1. The largest absolute Gasteiger partial charge is 0.384 e. The Morgan fingerprint density at radius 2 is 1.90 bits per heavy atom. The molecule has 0 radical (unpaired) electrons. The van der Waals surface area contributed by atoms with Gasteiger partial charge in [0, 0.05) is 24.6 Å². The molecule has 2 N–H and O–H groups in total. The summed E-state index contributed by atoms with van der Waals surface area (Å²) in [6, 6.07) is 9.72. The van der Waals surface area contributed by atoms with Crippen molar-refractivity contribution in [3.8, 4) is 0 Å². The van der Waals surface area contributed by atoms with Crippen LogP contribution >= 0.6 is 0 Å². The second-order valence-corrected chi connectivity index (χ2v) is 4.85. The van der Waals surface area contributed by atoms with Crippen molar-refractivity contribution in [2.24, 2.45) is 0 Å². The molecule has 0 aliphatic rings. The summed E-state index contributed by atoms with van der Waals surface area (Å²) in [5.41, 5.74) is 3.42. The Kier molecular flexibility index (Phi) is 5.32. The highest BCUT2D eigenvalue weighted by atomic mass is 16.1. The third kappa shape index (κ3) is 4.05. The summed E-state index contributed by atoms with van der Waals surface area (Å²) >= 11 is 0. The predicted octanol–water partition coefficient (Wildman–Crippen LogP) is 3.72. The maximum absolute atomic E-state index is 12.4. The van der Waals surface area contributed by atoms with Gasteiger partial charge in [0.1, 0.15) is 0 Å². The van der Waals surface area contributed by atoms with Crippen molar-refractivity contribution in [1.29, 1.82) is 0 Å². The monoisotopic (exact) mass is 283 g/mol. The smallest absolute Gasteiger partial charge is 0.259 e. The van der Waals surface area contributed by atoms with Crippen LogP contribution in [0.1, 0.15) is 36.2 Å². The van der Waals surface area contributed by atoms with Gasteiger partial charge in [-0.15, -0.1) is 0 Å². The third-order valence-electron chi connectivity index (χ3n) is 3.25. The zero-order chi connectivity index (χ0) is 15.1. The first kappa shape index (κ1) is 15.0. The minimum atomic E-state index is -0.147. The van der Waals surface area contributed by atoms with Gasteiger partial charge in [0.05, 0.1) is 11.3 Å². The molecule has 4 nitrogen and oxygen atoms in total. The minimum Gasteiger partial charge on any atom is -0.384 e. The zero-order valence-corrected chi connectivity index (χ0v) is 12.5. The van der Waals surface area contributed by atoms with Gasteiger partial charge >= 0.3 is 0 Å². The van der Waals surface area contributed by atoms with E-state index in [1.54, 1.807) is 12.4 Å². The summed E-state index contributed by atoms with van der Waals surface area (Å²) in [5, 5.41) is 6.15. The van der Waals surface area contributed by atoms with Crippen molar-refractivity contribution < 1.29 is 4.79 Å². The van der Waals surface area contributed by atoms with Crippen molar-refractivity contribution in [3.05, 3.63) is 53.9 Å². The molecule has 0 saturated carbocycles. The summed E-state index contributed by atoms with van der Waals surface area (Å²) in [6.45, 7) is 5.02. The van der Waals surface area contributed by atoms with E-state index in [4.69, 9.17) is 0 Å². The fourth-order valence-corrected chi connectivity index (χ4v) is 2.01. The first-order chi connectivity index (χ1) is 10.2. The molecule has 21 heavy (non-hydrogen) atoms. The maximum atomic E-state index is 12.4. The Morgan fingerprint density at radius 3 is 2.57 bits per heavy atom. The Balaban J connectivity index is 2.12. The second kappa shape index (κ2) is 7.43. The molecule has 2 rings (SSSR count). The molecule has 110 valence electrons. The summed E-state index contributed by atoms with van der Waals surface area (Å²) in [5.74, 6) is -0.147. The fourth-order valence-electron chi connectivity index (χ4n) is 2.01. The van der Waals surface area contributed by atoms with Crippen LogP contribution in [0.3, 0.4) is 0 Å². The molecule has 0 fully saturated rings. The highest BCUT2D eigenvalue weighted by molar-refractivity contribution is 6.07. The third-order valence-corrected chi connectivity index (χ3v) is 3.25. The van der Waals surface area contributed by atoms with Gasteiger partial charge in [-0.2, -0.15) is 0 Å². The van der Waals surface area contributed by atoms with Gasteiger partial charge in [0.15, 0.2) is 0 Å². The van der Waals surface area contributed by atoms with Gasteiger partial charge in [-0.1, -0.05) is 26.0 Å².